The van der Waals surface area contributed by atoms with Crippen LogP contribution in [0.4, 0.5) is 0 Å². The third-order valence-electron chi connectivity index (χ3n) is 5.75. The van der Waals surface area contributed by atoms with E-state index < -0.39 is 0 Å². The zero-order valence-electron chi connectivity index (χ0n) is 12.8. The fourth-order valence-electron chi connectivity index (χ4n) is 5.58. The summed E-state index contributed by atoms with van der Waals surface area (Å²) in [5.41, 5.74) is 5.76. The first-order valence-electron chi connectivity index (χ1n) is 8.24. The van der Waals surface area contributed by atoms with Crippen LogP contribution in [0.15, 0.2) is 5.16 Å². The van der Waals surface area contributed by atoms with Crippen molar-refractivity contribution in [1.82, 2.24) is 5.32 Å². The van der Waals surface area contributed by atoms with Crippen LogP contribution in [0.2, 0.25) is 0 Å². The van der Waals surface area contributed by atoms with E-state index in [0.717, 1.165) is 17.8 Å². The quantitative estimate of drug-likeness (QED) is 0.314. The van der Waals surface area contributed by atoms with Crippen LogP contribution in [0.5, 0.6) is 0 Å². The molecule has 118 valence electrons. The van der Waals surface area contributed by atoms with Gasteiger partial charge in [0.25, 0.3) is 0 Å². The molecule has 21 heavy (non-hydrogen) atoms. The van der Waals surface area contributed by atoms with E-state index in [1.54, 1.807) is 0 Å². The summed E-state index contributed by atoms with van der Waals surface area (Å²) in [7, 11) is 0. The molecule has 5 heteroatoms. The standard InChI is InChI=1S/C16H27N3O2/c1-10(2-14(17)19-21)18-15(20)9-16-6-11-3-12(7-16)5-13(4-11)8-16/h10-13,21H,2-9H2,1H3,(H2,17,19)(H,18,20). The third kappa shape index (κ3) is 3.16. The van der Waals surface area contributed by atoms with Crippen LogP contribution in [-0.4, -0.2) is 23.0 Å². The highest BCUT2D eigenvalue weighted by Crippen LogP contribution is 2.61. The molecule has 4 N–H and O–H groups in total. The van der Waals surface area contributed by atoms with Gasteiger partial charge in [0.05, 0.1) is 0 Å². The van der Waals surface area contributed by atoms with Gasteiger partial charge in [0.1, 0.15) is 5.84 Å². The molecule has 0 spiro atoms. The second-order valence-electron chi connectivity index (χ2n) is 7.86. The summed E-state index contributed by atoms with van der Waals surface area (Å²) in [4.78, 5) is 12.4. The molecule has 4 rings (SSSR count). The van der Waals surface area contributed by atoms with Crippen molar-refractivity contribution in [2.75, 3.05) is 0 Å². The Morgan fingerprint density at radius 3 is 2.29 bits per heavy atom. The highest BCUT2D eigenvalue weighted by molar-refractivity contribution is 5.82. The lowest BCUT2D eigenvalue weighted by molar-refractivity contribution is -0.129. The normalized spacial score (nSPS) is 39.3. The van der Waals surface area contributed by atoms with Gasteiger partial charge in [0.2, 0.25) is 5.91 Å². The Bertz CT molecular complexity index is 412. The van der Waals surface area contributed by atoms with Crippen molar-refractivity contribution in [3.8, 4) is 0 Å². The number of hydrogen-bond acceptors (Lipinski definition) is 3. The predicted molar refractivity (Wildman–Crippen MR) is 80.9 cm³/mol. The SMILES string of the molecule is CC(CC(N)=NO)NC(=O)CC12CC3CC(CC(C3)C1)C2. The molecule has 1 amide bonds. The van der Waals surface area contributed by atoms with E-state index in [0.29, 0.717) is 12.8 Å². The van der Waals surface area contributed by atoms with Crippen LogP contribution in [-0.2, 0) is 4.79 Å². The van der Waals surface area contributed by atoms with Gasteiger partial charge in [-0.05, 0) is 68.6 Å². The molecule has 5 nitrogen and oxygen atoms in total. The first-order chi connectivity index (χ1) is 9.98. The number of hydrogen-bond donors (Lipinski definition) is 3. The van der Waals surface area contributed by atoms with E-state index in [1.807, 2.05) is 6.92 Å². The molecular formula is C16H27N3O2. The largest absolute Gasteiger partial charge is 0.409 e. The number of nitrogens with two attached hydrogens (primary N) is 1. The zero-order chi connectivity index (χ0) is 15.0. The number of oxime groups is 1. The summed E-state index contributed by atoms with van der Waals surface area (Å²) in [6.07, 6.45) is 9.02. The molecule has 0 saturated heterocycles. The van der Waals surface area contributed by atoms with E-state index in [1.165, 1.54) is 38.5 Å². The summed E-state index contributed by atoms with van der Waals surface area (Å²) < 4.78 is 0. The summed E-state index contributed by atoms with van der Waals surface area (Å²) in [6, 6.07) is -0.0812. The molecule has 4 saturated carbocycles. The number of rotatable bonds is 5. The number of amidine groups is 1. The van der Waals surface area contributed by atoms with Crippen molar-refractivity contribution in [3.05, 3.63) is 0 Å². The van der Waals surface area contributed by atoms with Crippen LogP contribution in [0.1, 0.15) is 58.3 Å². The van der Waals surface area contributed by atoms with Gasteiger partial charge in [-0.25, -0.2) is 0 Å². The molecular weight excluding hydrogens is 266 g/mol. The average Bonchev–Trinajstić information content (AvgIpc) is 2.35. The summed E-state index contributed by atoms with van der Waals surface area (Å²) in [5, 5.41) is 14.5. The zero-order valence-corrected chi connectivity index (χ0v) is 12.8. The smallest absolute Gasteiger partial charge is 0.220 e. The Balaban J connectivity index is 1.55. The van der Waals surface area contributed by atoms with Gasteiger partial charge in [0, 0.05) is 18.9 Å². The molecule has 0 radical (unpaired) electrons. The molecule has 4 fully saturated rings. The minimum atomic E-state index is -0.0812. The Hall–Kier alpha value is -1.26. The van der Waals surface area contributed by atoms with Crippen molar-refractivity contribution >= 4 is 11.7 Å². The van der Waals surface area contributed by atoms with Gasteiger partial charge >= 0.3 is 0 Å². The monoisotopic (exact) mass is 293 g/mol. The van der Waals surface area contributed by atoms with Crippen LogP contribution >= 0.6 is 0 Å². The second kappa shape index (κ2) is 5.50. The highest BCUT2D eigenvalue weighted by atomic mass is 16.4. The topological polar surface area (TPSA) is 87.7 Å². The lowest BCUT2D eigenvalue weighted by Crippen LogP contribution is -2.48. The van der Waals surface area contributed by atoms with Crippen LogP contribution < -0.4 is 11.1 Å². The number of carbonyl (C=O) groups excluding carboxylic acids is 1. The maximum absolute atomic E-state index is 12.4. The number of amides is 1. The Morgan fingerprint density at radius 2 is 1.81 bits per heavy atom. The van der Waals surface area contributed by atoms with E-state index >= 15 is 0 Å². The molecule has 4 aliphatic carbocycles. The Morgan fingerprint density at radius 1 is 1.29 bits per heavy atom. The maximum Gasteiger partial charge on any atom is 0.220 e. The molecule has 4 bridgehead atoms. The summed E-state index contributed by atoms with van der Waals surface area (Å²) in [5.74, 6) is 2.92. The van der Waals surface area contributed by atoms with Crippen molar-refractivity contribution in [2.24, 2.45) is 34.1 Å². The Labute approximate surface area is 126 Å². The van der Waals surface area contributed by atoms with Gasteiger partial charge in [-0.2, -0.15) is 0 Å². The molecule has 0 heterocycles. The van der Waals surface area contributed by atoms with E-state index in [2.05, 4.69) is 10.5 Å². The van der Waals surface area contributed by atoms with Gasteiger partial charge in [-0.3, -0.25) is 4.79 Å². The van der Waals surface area contributed by atoms with Crippen molar-refractivity contribution in [1.29, 1.82) is 0 Å². The summed E-state index contributed by atoms with van der Waals surface area (Å²) >= 11 is 0. The third-order valence-corrected chi connectivity index (χ3v) is 5.75. The minimum absolute atomic E-state index is 0.0812. The number of nitrogens with one attached hydrogen (secondary N) is 1. The molecule has 4 aliphatic rings. The van der Waals surface area contributed by atoms with Crippen molar-refractivity contribution < 1.29 is 10.0 Å². The van der Waals surface area contributed by atoms with Crippen molar-refractivity contribution in [3.63, 3.8) is 0 Å². The van der Waals surface area contributed by atoms with Crippen molar-refractivity contribution in [2.45, 2.75) is 64.3 Å². The van der Waals surface area contributed by atoms with E-state index in [4.69, 9.17) is 10.9 Å². The first-order valence-corrected chi connectivity index (χ1v) is 8.24. The van der Waals surface area contributed by atoms with Gasteiger partial charge in [0.15, 0.2) is 0 Å². The van der Waals surface area contributed by atoms with Gasteiger partial charge in [-0.1, -0.05) is 5.16 Å². The van der Waals surface area contributed by atoms with Crippen LogP contribution in [0.3, 0.4) is 0 Å². The van der Waals surface area contributed by atoms with Gasteiger partial charge in [-0.15, -0.1) is 0 Å². The van der Waals surface area contributed by atoms with E-state index in [9.17, 15) is 4.79 Å². The molecule has 0 aromatic carbocycles. The predicted octanol–water partition coefficient (Wildman–Crippen LogP) is 2.23. The van der Waals surface area contributed by atoms with E-state index in [-0.39, 0.29) is 23.2 Å². The highest BCUT2D eigenvalue weighted by Gasteiger charge is 2.51. The average molecular weight is 293 g/mol. The summed E-state index contributed by atoms with van der Waals surface area (Å²) in [6.45, 7) is 1.90. The minimum Gasteiger partial charge on any atom is -0.409 e. The lowest BCUT2D eigenvalue weighted by Gasteiger charge is -2.56. The lowest BCUT2D eigenvalue weighted by atomic mass is 9.49. The second-order valence-corrected chi connectivity index (χ2v) is 7.86. The first kappa shape index (κ1) is 14.7. The fourth-order valence-corrected chi connectivity index (χ4v) is 5.58. The number of carbonyl (C=O) groups is 1. The van der Waals surface area contributed by atoms with Crippen LogP contribution in [0, 0.1) is 23.2 Å². The number of nitrogens with zero attached hydrogens (tertiary/aromatic N) is 1. The Kier molecular flexibility index (Phi) is 3.84. The molecule has 0 aromatic rings. The molecule has 1 atom stereocenters. The van der Waals surface area contributed by atoms with Crippen LogP contribution in [0.25, 0.3) is 0 Å². The molecule has 0 aliphatic heterocycles. The molecule has 1 unspecified atom stereocenters. The maximum atomic E-state index is 12.4. The fraction of sp³-hybridized carbons (Fsp3) is 0.875. The van der Waals surface area contributed by atoms with Gasteiger partial charge < -0.3 is 16.3 Å². The molecule has 0 aromatic heterocycles.